The standard InChI is InChI=1S/C27H26FN3O5/c1-35-16-15-29-26(33)23-24(36-27(34)31(23)17-18-5-3-2-4-6-18)19-9-13-22(14-10-19)30-25(32)20-7-11-21(28)12-8-20/h2-14,23-24H,15-17H2,1H3,(H,29,33)(H,30,32). The van der Waals surface area contributed by atoms with Gasteiger partial charge in [-0.05, 0) is 47.5 Å². The predicted octanol–water partition coefficient (Wildman–Crippen LogP) is 3.90. The Labute approximate surface area is 208 Å². The third-order valence-electron chi connectivity index (χ3n) is 5.76. The first-order chi connectivity index (χ1) is 17.5. The number of nitrogens with zero attached hydrogens (tertiary/aromatic N) is 1. The van der Waals surface area contributed by atoms with Crippen LogP contribution in [0.5, 0.6) is 0 Å². The number of anilines is 1. The first kappa shape index (κ1) is 24.9. The van der Waals surface area contributed by atoms with Gasteiger partial charge >= 0.3 is 6.09 Å². The van der Waals surface area contributed by atoms with E-state index in [4.69, 9.17) is 9.47 Å². The van der Waals surface area contributed by atoms with Gasteiger partial charge in [-0.3, -0.25) is 14.5 Å². The fourth-order valence-electron chi connectivity index (χ4n) is 3.93. The average molecular weight is 492 g/mol. The van der Waals surface area contributed by atoms with Crippen LogP contribution < -0.4 is 10.6 Å². The van der Waals surface area contributed by atoms with Crippen molar-refractivity contribution in [1.82, 2.24) is 10.2 Å². The van der Waals surface area contributed by atoms with Gasteiger partial charge in [0.25, 0.3) is 5.91 Å². The van der Waals surface area contributed by atoms with Crippen molar-refractivity contribution in [3.05, 3.63) is 101 Å². The van der Waals surface area contributed by atoms with Gasteiger partial charge in [-0.1, -0.05) is 42.5 Å². The minimum absolute atomic E-state index is 0.213. The monoisotopic (exact) mass is 491 g/mol. The Morgan fingerprint density at radius 1 is 1.00 bits per heavy atom. The van der Waals surface area contributed by atoms with E-state index in [-0.39, 0.29) is 18.4 Å². The van der Waals surface area contributed by atoms with E-state index in [9.17, 15) is 18.8 Å². The molecule has 0 saturated carbocycles. The molecule has 1 aliphatic heterocycles. The van der Waals surface area contributed by atoms with Gasteiger partial charge in [0.05, 0.1) is 13.2 Å². The summed E-state index contributed by atoms with van der Waals surface area (Å²) in [6.45, 7) is 0.837. The molecule has 2 atom stereocenters. The number of halogens is 1. The molecule has 36 heavy (non-hydrogen) atoms. The van der Waals surface area contributed by atoms with Crippen molar-refractivity contribution in [3.63, 3.8) is 0 Å². The first-order valence-electron chi connectivity index (χ1n) is 11.4. The van der Waals surface area contributed by atoms with Crippen LogP contribution in [0.1, 0.15) is 27.6 Å². The van der Waals surface area contributed by atoms with E-state index >= 15 is 0 Å². The van der Waals surface area contributed by atoms with Crippen molar-refractivity contribution in [2.75, 3.05) is 25.6 Å². The number of hydrogen-bond donors (Lipinski definition) is 2. The molecule has 1 fully saturated rings. The lowest BCUT2D eigenvalue weighted by Gasteiger charge is -2.24. The summed E-state index contributed by atoms with van der Waals surface area (Å²) in [5, 5.41) is 5.54. The third kappa shape index (κ3) is 5.87. The van der Waals surface area contributed by atoms with Crippen LogP contribution in [0.2, 0.25) is 0 Å². The van der Waals surface area contributed by atoms with Crippen molar-refractivity contribution in [1.29, 1.82) is 0 Å². The van der Waals surface area contributed by atoms with Gasteiger partial charge in [0, 0.05) is 24.9 Å². The zero-order valence-electron chi connectivity index (χ0n) is 19.6. The molecule has 9 heteroatoms. The molecule has 0 aromatic heterocycles. The Hall–Kier alpha value is -4.24. The zero-order valence-corrected chi connectivity index (χ0v) is 19.6. The quantitative estimate of drug-likeness (QED) is 0.443. The summed E-state index contributed by atoms with van der Waals surface area (Å²) in [6.07, 6.45) is -1.44. The molecule has 3 amide bonds. The van der Waals surface area contributed by atoms with Crippen LogP contribution in [0.25, 0.3) is 0 Å². The first-order valence-corrected chi connectivity index (χ1v) is 11.4. The summed E-state index contributed by atoms with van der Waals surface area (Å²) < 4.78 is 23.8. The zero-order chi connectivity index (χ0) is 25.5. The van der Waals surface area contributed by atoms with E-state index in [2.05, 4.69) is 10.6 Å². The molecule has 3 aromatic carbocycles. The number of ether oxygens (including phenoxy) is 2. The summed E-state index contributed by atoms with van der Waals surface area (Å²) in [5.74, 6) is -1.17. The second kappa shape index (κ2) is 11.5. The van der Waals surface area contributed by atoms with Gasteiger partial charge in [-0.15, -0.1) is 0 Å². The molecule has 186 valence electrons. The van der Waals surface area contributed by atoms with Gasteiger partial charge in [0.2, 0.25) is 5.91 Å². The number of hydrogen-bond acceptors (Lipinski definition) is 5. The van der Waals surface area contributed by atoms with Crippen LogP contribution in [0, 0.1) is 5.82 Å². The van der Waals surface area contributed by atoms with Gasteiger partial charge in [-0.2, -0.15) is 0 Å². The Balaban J connectivity index is 1.52. The largest absolute Gasteiger partial charge is 0.438 e. The Morgan fingerprint density at radius 3 is 2.36 bits per heavy atom. The van der Waals surface area contributed by atoms with Crippen LogP contribution in [-0.4, -0.2) is 49.1 Å². The van der Waals surface area contributed by atoms with Crippen molar-refractivity contribution < 1.29 is 28.2 Å². The fourth-order valence-corrected chi connectivity index (χ4v) is 3.93. The number of rotatable bonds is 9. The topological polar surface area (TPSA) is 97.0 Å². The van der Waals surface area contributed by atoms with Crippen molar-refractivity contribution in [3.8, 4) is 0 Å². The van der Waals surface area contributed by atoms with Crippen LogP contribution in [0.15, 0.2) is 78.9 Å². The summed E-state index contributed by atoms with van der Waals surface area (Å²) >= 11 is 0. The molecule has 0 spiro atoms. The molecule has 2 unspecified atom stereocenters. The molecule has 0 radical (unpaired) electrons. The predicted molar refractivity (Wildman–Crippen MR) is 131 cm³/mol. The van der Waals surface area contributed by atoms with Crippen LogP contribution in [-0.2, 0) is 20.8 Å². The maximum absolute atomic E-state index is 13.1. The lowest BCUT2D eigenvalue weighted by Crippen LogP contribution is -2.46. The highest BCUT2D eigenvalue weighted by Crippen LogP contribution is 2.34. The number of carbonyl (C=O) groups excluding carboxylic acids is 3. The van der Waals surface area contributed by atoms with Gasteiger partial charge < -0.3 is 20.1 Å². The lowest BCUT2D eigenvalue weighted by atomic mass is 10.00. The van der Waals surface area contributed by atoms with Crippen molar-refractivity contribution in [2.24, 2.45) is 0 Å². The molecule has 2 N–H and O–H groups in total. The molecular weight excluding hydrogens is 465 g/mol. The molecule has 0 aliphatic carbocycles. The van der Waals surface area contributed by atoms with Crippen LogP contribution in [0.4, 0.5) is 14.9 Å². The summed E-state index contributed by atoms with van der Waals surface area (Å²) in [4.78, 5) is 39.8. The molecule has 0 bridgehead atoms. The Bertz CT molecular complexity index is 1200. The molecule has 4 rings (SSSR count). The van der Waals surface area contributed by atoms with E-state index in [0.717, 1.165) is 5.56 Å². The Kier molecular flexibility index (Phi) is 7.92. The summed E-state index contributed by atoms with van der Waals surface area (Å²) in [6, 6.07) is 20.4. The minimum Gasteiger partial charge on any atom is -0.438 e. The number of cyclic esters (lactones) is 1. The van der Waals surface area contributed by atoms with E-state index < -0.39 is 24.1 Å². The highest BCUT2D eigenvalue weighted by atomic mass is 19.1. The maximum Gasteiger partial charge on any atom is 0.411 e. The fraction of sp³-hybridized carbons (Fsp3) is 0.222. The summed E-state index contributed by atoms with van der Waals surface area (Å²) in [5.41, 5.74) is 2.28. The number of methoxy groups -OCH3 is 1. The highest BCUT2D eigenvalue weighted by molar-refractivity contribution is 6.04. The molecule has 8 nitrogen and oxygen atoms in total. The number of carbonyl (C=O) groups is 3. The molecule has 1 saturated heterocycles. The second-order valence-electron chi connectivity index (χ2n) is 8.23. The SMILES string of the molecule is COCCNC(=O)C1C(c2ccc(NC(=O)c3ccc(F)cc3)cc2)OC(=O)N1Cc1ccccc1. The van der Waals surface area contributed by atoms with E-state index in [1.807, 2.05) is 30.3 Å². The van der Waals surface area contributed by atoms with Crippen molar-refractivity contribution >= 4 is 23.6 Å². The number of nitrogens with one attached hydrogen (secondary N) is 2. The van der Waals surface area contributed by atoms with E-state index in [1.54, 1.807) is 24.3 Å². The maximum atomic E-state index is 13.1. The number of amides is 3. The van der Waals surface area contributed by atoms with Gasteiger partial charge in [0.15, 0.2) is 12.1 Å². The second-order valence-corrected chi connectivity index (χ2v) is 8.23. The molecular formula is C27H26FN3O5. The molecule has 3 aromatic rings. The highest BCUT2D eigenvalue weighted by Gasteiger charge is 2.46. The molecule has 1 heterocycles. The minimum atomic E-state index is -0.894. The lowest BCUT2D eigenvalue weighted by molar-refractivity contribution is -0.126. The normalized spacial score (nSPS) is 16.9. The Morgan fingerprint density at radius 2 is 1.69 bits per heavy atom. The smallest absolute Gasteiger partial charge is 0.411 e. The van der Waals surface area contributed by atoms with Gasteiger partial charge in [0.1, 0.15) is 5.82 Å². The average Bonchev–Trinajstić information content (AvgIpc) is 3.21. The van der Waals surface area contributed by atoms with E-state index in [0.29, 0.717) is 30.0 Å². The van der Waals surface area contributed by atoms with Crippen molar-refractivity contribution in [2.45, 2.75) is 18.7 Å². The summed E-state index contributed by atoms with van der Waals surface area (Å²) in [7, 11) is 1.54. The van der Waals surface area contributed by atoms with E-state index in [1.165, 1.54) is 36.3 Å². The molecule has 1 aliphatic rings. The van der Waals surface area contributed by atoms with Crippen LogP contribution >= 0.6 is 0 Å². The third-order valence-corrected chi connectivity index (χ3v) is 5.76. The number of benzene rings is 3. The van der Waals surface area contributed by atoms with Gasteiger partial charge in [-0.25, -0.2) is 9.18 Å². The van der Waals surface area contributed by atoms with Crippen LogP contribution in [0.3, 0.4) is 0 Å².